The maximum Gasteiger partial charge on any atom is 0.341 e. The van der Waals surface area contributed by atoms with Gasteiger partial charge in [-0.2, -0.15) is 0 Å². The lowest BCUT2D eigenvalue weighted by molar-refractivity contribution is -0.130. The average Bonchev–Trinajstić information content (AvgIpc) is 3.19. The van der Waals surface area contributed by atoms with E-state index in [2.05, 4.69) is 10.3 Å². The first-order valence-corrected chi connectivity index (χ1v) is 8.98. The summed E-state index contributed by atoms with van der Waals surface area (Å²) in [5, 5.41) is 2.96. The maximum atomic E-state index is 12.3. The predicted octanol–water partition coefficient (Wildman–Crippen LogP) is 1.52. The molecule has 1 atom stereocenters. The van der Waals surface area contributed by atoms with Crippen molar-refractivity contribution in [3.05, 3.63) is 36.0 Å². The highest BCUT2D eigenvalue weighted by Crippen LogP contribution is 2.19. The van der Waals surface area contributed by atoms with Gasteiger partial charge in [0.15, 0.2) is 6.10 Å². The van der Waals surface area contributed by atoms with Crippen molar-refractivity contribution < 1.29 is 23.9 Å². The molecule has 1 aliphatic rings. The molecule has 2 aromatic rings. The Morgan fingerprint density at radius 1 is 1.35 bits per heavy atom. The number of thioether (sulfide) groups is 1. The van der Waals surface area contributed by atoms with Gasteiger partial charge >= 0.3 is 5.97 Å². The Hall–Kier alpha value is -2.81. The van der Waals surface area contributed by atoms with E-state index in [1.807, 2.05) is 18.2 Å². The fourth-order valence-corrected chi connectivity index (χ4v) is 3.30. The SMILES string of the molecule is C[C@@H](OC(=O)c1c[nH]c2ccccc12)C(=O)NCCN1C(=O)CSC1=O. The molecule has 0 aliphatic carbocycles. The number of esters is 1. The Kier molecular flexibility index (Phi) is 5.27. The monoisotopic (exact) mass is 375 g/mol. The Balaban J connectivity index is 1.51. The van der Waals surface area contributed by atoms with Crippen LogP contribution in [-0.2, 0) is 14.3 Å². The van der Waals surface area contributed by atoms with E-state index in [-0.39, 0.29) is 30.0 Å². The summed E-state index contributed by atoms with van der Waals surface area (Å²) >= 11 is 0.939. The van der Waals surface area contributed by atoms with Crippen LogP contribution in [0.25, 0.3) is 10.9 Å². The van der Waals surface area contributed by atoms with E-state index in [0.29, 0.717) is 10.9 Å². The van der Waals surface area contributed by atoms with Gasteiger partial charge in [0.2, 0.25) is 5.91 Å². The number of hydrogen-bond donors (Lipinski definition) is 2. The average molecular weight is 375 g/mol. The number of aromatic amines is 1. The molecule has 136 valence electrons. The van der Waals surface area contributed by atoms with Crippen LogP contribution in [0.4, 0.5) is 4.79 Å². The van der Waals surface area contributed by atoms with Crippen molar-refractivity contribution >= 4 is 45.7 Å². The number of nitrogens with zero attached hydrogens (tertiary/aromatic N) is 1. The third kappa shape index (κ3) is 3.72. The van der Waals surface area contributed by atoms with Crippen LogP contribution >= 0.6 is 11.8 Å². The van der Waals surface area contributed by atoms with Crippen LogP contribution in [0, 0.1) is 0 Å². The lowest BCUT2D eigenvalue weighted by Gasteiger charge is -2.16. The van der Waals surface area contributed by atoms with Gasteiger partial charge in [-0.05, 0) is 13.0 Å². The molecule has 1 fully saturated rings. The molecule has 3 amide bonds. The molecule has 1 aliphatic heterocycles. The lowest BCUT2D eigenvalue weighted by atomic mass is 10.2. The number of benzene rings is 1. The van der Waals surface area contributed by atoms with E-state index < -0.39 is 18.0 Å². The smallest absolute Gasteiger partial charge is 0.341 e. The largest absolute Gasteiger partial charge is 0.449 e. The third-order valence-electron chi connectivity index (χ3n) is 3.94. The first-order chi connectivity index (χ1) is 12.5. The number of fused-ring (bicyclic) bond motifs is 1. The quantitative estimate of drug-likeness (QED) is 0.741. The fraction of sp³-hybridized carbons (Fsp3) is 0.294. The molecule has 0 bridgehead atoms. The molecular formula is C17H17N3O5S. The zero-order valence-electron chi connectivity index (χ0n) is 14.0. The number of carbonyl (C=O) groups is 4. The summed E-state index contributed by atoms with van der Waals surface area (Å²) in [4.78, 5) is 51.3. The Morgan fingerprint density at radius 2 is 2.12 bits per heavy atom. The van der Waals surface area contributed by atoms with Crippen molar-refractivity contribution in [3.8, 4) is 0 Å². The summed E-state index contributed by atoms with van der Waals surface area (Å²) in [6.45, 7) is 1.66. The Bertz CT molecular complexity index is 862. The van der Waals surface area contributed by atoms with Crippen LogP contribution in [0.2, 0.25) is 0 Å². The normalized spacial score (nSPS) is 15.3. The van der Waals surface area contributed by atoms with E-state index in [0.717, 1.165) is 22.2 Å². The summed E-state index contributed by atoms with van der Waals surface area (Å²) in [6.07, 6.45) is 0.537. The molecule has 1 aromatic heterocycles. The first-order valence-electron chi connectivity index (χ1n) is 7.99. The minimum Gasteiger partial charge on any atom is -0.449 e. The van der Waals surface area contributed by atoms with Crippen LogP contribution < -0.4 is 5.32 Å². The summed E-state index contributed by atoms with van der Waals surface area (Å²) in [5.74, 6) is -1.24. The van der Waals surface area contributed by atoms with Crippen molar-refractivity contribution in [1.82, 2.24) is 15.2 Å². The molecule has 1 aromatic carbocycles. The Morgan fingerprint density at radius 3 is 2.85 bits per heavy atom. The molecule has 2 N–H and O–H groups in total. The molecule has 3 rings (SSSR count). The number of amides is 3. The number of para-hydroxylation sites is 1. The number of carbonyl (C=O) groups excluding carboxylic acids is 4. The van der Waals surface area contributed by atoms with Crippen LogP contribution in [0.3, 0.4) is 0 Å². The third-order valence-corrected chi connectivity index (χ3v) is 4.80. The standard InChI is InChI=1S/C17H17N3O5S/c1-10(15(22)18-6-7-20-14(21)9-26-17(20)24)25-16(23)12-8-19-13-5-3-2-4-11(12)13/h2-5,8,10,19H,6-7,9H2,1H3,(H,18,22)/t10-/m1/s1. The minimum absolute atomic E-state index is 0.0967. The van der Waals surface area contributed by atoms with Gasteiger partial charge in [-0.25, -0.2) is 4.79 Å². The van der Waals surface area contributed by atoms with E-state index in [9.17, 15) is 19.2 Å². The van der Waals surface area contributed by atoms with Crippen molar-refractivity contribution in [2.75, 3.05) is 18.8 Å². The number of aromatic nitrogens is 1. The molecule has 8 nitrogen and oxygen atoms in total. The van der Waals surface area contributed by atoms with E-state index >= 15 is 0 Å². The number of hydrogen-bond acceptors (Lipinski definition) is 6. The number of H-pyrrole nitrogens is 1. The highest BCUT2D eigenvalue weighted by Gasteiger charge is 2.29. The summed E-state index contributed by atoms with van der Waals surface area (Å²) in [6, 6.07) is 7.28. The molecular weight excluding hydrogens is 358 g/mol. The number of ether oxygens (including phenoxy) is 1. The van der Waals surface area contributed by atoms with Crippen molar-refractivity contribution in [2.45, 2.75) is 13.0 Å². The molecule has 1 saturated heterocycles. The van der Waals surface area contributed by atoms with E-state index in [1.54, 1.807) is 12.3 Å². The highest BCUT2D eigenvalue weighted by atomic mass is 32.2. The van der Waals surface area contributed by atoms with Gasteiger partial charge in [-0.15, -0.1) is 0 Å². The second-order valence-electron chi connectivity index (χ2n) is 5.69. The Labute approximate surface area is 153 Å². The van der Waals surface area contributed by atoms with Crippen LogP contribution in [-0.4, -0.2) is 57.9 Å². The van der Waals surface area contributed by atoms with Crippen molar-refractivity contribution in [2.24, 2.45) is 0 Å². The zero-order valence-corrected chi connectivity index (χ0v) is 14.8. The fourth-order valence-electron chi connectivity index (χ4n) is 2.55. The summed E-state index contributed by atoms with van der Waals surface area (Å²) < 4.78 is 5.21. The predicted molar refractivity (Wildman–Crippen MR) is 95.8 cm³/mol. The molecule has 9 heteroatoms. The first kappa shape index (κ1) is 18.0. The second-order valence-corrected chi connectivity index (χ2v) is 6.61. The molecule has 0 saturated carbocycles. The van der Waals surface area contributed by atoms with Crippen molar-refractivity contribution in [3.63, 3.8) is 0 Å². The maximum absolute atomic E-state index is 12.3. The van der Waals surface area contributed by atoms with Gasteiger partial charge in [0.1, 0.15) is 0 Å². The molecule has 26 heavy (non-hydrogen) atoms. The van der Waals surface area contributed by atoms with Crippen LogP contribution in [0.5, 0.6) is 0 Å². The second kappa shape index (κ2) is 7.61. The number of rotatable bonds is 6. The van der Waals surface area contributed by atoms with Crippen molar-refractivity contribution in [1.29, 1.82) is 0 Å². The molecule has 0 unspecified atom stereocenters. The molecule has 0 radical (unpaired) electrons. The summed E-state index contributed by atoms with van der Waals surface area (Å²) in [5.41, 5.74) is 1.15. The van der Waals surface area contributed by atoms with Crippen LogP contribution in [0.1, 0.15) is 17.3 Å². The molecule has 2 heterocycles. The zero-order chi connectivity index (χ0) is 18.7. The van der Waals surface area contributed by atoms with Gasteiger partial charge in [-0.3, -0.25) is 19.3 Å². The lowest BCUT2D eigenvalue weighted by Crippen LogP contribution is -2.41. The van der Waals surface area contributed by atoms with Gasteiger partial charge in [0.25, 0.3) is 11.1 Å². The number of imide groups is 1. The van der Waals surface area contributed by atoms with Crippen LogP contribution in [0.15, 0.2) is 30.5 Å². The summed E-state index contributed by atoms with van der Waals surface area (Å²) in [7, 11) is 0. The molecule has 0 spiro atoms. The van der Waals surface area contributed by atoms with Gasteiger partial charge < -0.3 is 15.0 Å². The van der Waals surface area contributed by atoms with Gasteiger partial charge in [0.05, 0.1) is 11.3 Å². The topological polar surface area (TPSA) is 109 Å². The van der Waals surface area contributed by atoms with Gasteiger partial charge in [-0.1, -0.05) is 30.0 Å². The minimum atomic E-state index is -1.00. The van der Waals surface area contributed by atoms with E-state index in [1.165, 1.54) is 6.92 Å². The van der Waals surface area contributed by atoms with E-state index in [4.69, 9.17) is 4.74 Å². The van der Waals surface area contributed by atoms with Gasteiger partial charge in [0, 0.05) is 30.2 Å². The highest BCUT2D eigenvalue weighted by molar-refractivity contribution is 8.14. The number of nitrogens with one attached hydrogen (secondary N) is 2.